The van der Waals surface area contributed by atoms with Crippen molar-refractivity contribution >= 4 is 10.1 Å². The Balaban J connectivity index is 0.000000439. The molecule has 3 nitrogen and oxygen atoms in total. The largest absolute Gasteiger partial charge is 2.00 e. The SMILES string of the molecule is C[C]1[C](C)[C](C)[C](C)[C]1C.O=S(=O)([O-])C(F)(F)F.[2H]c1cc(C)c([2H])c2c1CCC2.[Ru+2]. The van der Waals surface area contributed by atoms with E-state index in [4.69, 9.17) is 15.7 Å². The first-order valence-corrected chi connectivity index (χ1v) is 10.2. The van der Waals surface area contributed by atoms with E-state index in [1.807, 2.05) is 13.0 Å². The molecule has 0 aromatic heterocycles. The van der Waals surface area contributed by atoms with Crippen LogP contribution >= 0.6 is 0 Å². The van der Waals surface area contributed by atoms with Crippen molar-refractivity contribution < 1.29 is 48.4 Å². The molecule has 5 radical (unpaired) electrons. The van der Waals surface area contributed by atoms with Gasteiger partial charge in [0.2, 0.25) is 0 Å². The Bertz CT molecular complexity index is 802. The van der Waals surface area contributed by atoms with Crippen molar-refractivity contribution in [2.45, 2.75) is 66.3 Å². The number of fused-ring (bicyclic) bond motifs is 1. The summed E-state index contributed by atoms with van der Waals surface area (Å²) in [5.41, 5.74) is -2.46. The first-order valence-electron chi connectivity index (χ1n) is 9.81. The first kappa shape index (κ1) is 24.8. The van der Waals surface area contributed by atoms with Gasteiger partial charge in [0.05, 0.1) is 2.74 Å². The van der Waals surface area contributed by atoms with Gasteiger partial charge in [0.15, 0.2) is 10.1 Å². The molecule has 8 heteroatoms. The van der Waals surface area contributed by atoms with Gasteiger partial charge in [-0.05, 0) is 66.9 Å². The standard InChI is InChI=1S/C10H12.C10H15.CHF3O3S.Ru/c1-8-5-6-9-3-2-4-10(9)7-8;1-6-7(2)9(4)10(5)8(6)3;2-1(3,4)8(5,6)7;/h5-7H,2-4H2,1H3;1-5H3;(H,5,6,7);/q;;;+2/p-1/i6D,7D;;;. The Kier molecular flexibility index (Phi) is 9.62. The average Bonchev–Trinajstić information content (AvgIpc) is 3.18. The molecule has 1 fully saturated rings. The van der Waals surface area contributed by atoms with Crippen molar-refractivity contribution in [3.05, 3.63) is 64.4 Å². The van der Waals surface area contributed by atoms with Crippen LogP contribution in [0.5, 0.6) is 0 Å². The molecule has 1 saturated carbocycles. The van der Waals surface area contributed by atoms with Gasteiger partial charge < -0.3 is 4.55 Å². The van der Waals surface area contributed by atoms with Crippen molar-refractivity contribution in [3.63, 3.8) is 0 Å². The Labute approximate surface area is 189 Å². The Morgan fingerprint density at radius 1 is 0.897 bits per heavy atom. The number of hydrogen-bond donors (Lipinski definition) is 0. The van der Waals surface area contributed by atoms with E-state index in [0.717, 1.165) is 36.0 Å². The van der Waals surface area contributed by atoms with Crippen LogP contribution in [0.15, 0.2) is 18.2 Å². The third kappa shape index (κ3) is 7.95. The molecular formula is C21H27F3O3RuS+. The second kappa shape index (κ2) is 11.2. The van der Waals surface area contributed by atoms with Gasteiger partial charge in [-0.15, -0.1) is 0 Å². The smallest absolute Gasteiger partial charge is 0.741 e. The third-order valence-corrected chi connectivity index (χ3v) is 5.69. The van der Waals surface area contributed by atoms with Crippen LogP contribution in [0.1, 0.15) is 60.5 Å². The fourth-order valence-electron chi connectivity index (χ4n) is 2.92. The summed E-state index contributed by atoms with van der Waals surface area (Å²) >= 11 is 0. The van der Waals surface area contributed by atoms with Gasteiger partial charge >= 0.3 is 25.0 Å². The summed E-state index contributed by atoms with van der Waals surface area (Å²) in [6.07, 6.45) is 3.12. The number of benzene rings is 1. The molecule has 0 N–H and O–H groups in total. The van der Waals surface area contributed by atoms with Crippen LogP contribution in [-0.2, 0) is 42.4 Å². The van der Waals surface area contributed by atoms with Gasteiger partial charge in [-0.1, -0.05) is 58.3 Å². The molecule has 0 spiro atoms. The molecule has 0 amide bonds. The molecule has 2 aliphatic carbocycles. The Morgan fingerprint density at radius 3 is 1.59 bits per heavy atom. The van der Waals surface area contributed by atoms with Crippen molar-refractivity contribution in [2.24, 2.45) is 0 Å². The predicted octanol–water partition coefficient (Wildman–Crippen LogP) is 5.50. The van der Waals surface area contributed by atoms with Crippen LogP contribution in [0.2, 0.25) is 0 Å². The molecule has 0 heterocycles. The Hall–Kier alpha value is -0.457. The number of hydrogen-bond acceptors (Lipinski definition) is 3. The van der Waals surface area contributed by atoms with Gasteiger partial charge in [-0.3, -0.25) is 0 Å². The summed E-state index contributed by atoms with van der Waals surface area (Å²) in [6, 6.07) is 3.11. The van der Waals surface area contributed by atoms with E-state index in [9.17, 15) is 13.2 Å². The van der Waals surface area contributed by atoms with Crippen LogP contribution in [-0.4, -0.2) is 18.5 Å². The molecule has 163 valence electrons. The molecule has 1 aromatic carbocycles. The van der Waals surface area contributed by atoms with E-state index in [0.29, 0.717) is 12.1 Å². The van der Waals surface area contributed by atoms with Crippen molar-refractivity contribution in [3.8, 4) is 0 Å². The van der Waals surface area contributed by atoms with Gasteiger partial charge in [-0.2, -0.15) is 13.2 Å². The van der Waals surface area contributed by atoms with Gasteiger partial charge in [0.1, 0.15) is 0 Å². The van der Waals surface area contributed by atoms with E-state index in [1.165, 1.54) is 29.6 Å². The van der Waals surface area contributed by atoms with Crippen LogP contribution in [0.25, 0.3) is 0 Å². The molecule has 1 aromatic rings. The number of halogens is 3. The fraction of sp³-hybridized carbons (Fsp3) is 0.476. The third-order valence-electron chi connectivity index (χ3n) is 5.12. The van der Waals surface area contributed by atoms with E-state index in [-0.39, 0.29) is 19.5 Å². The summed E-state index contributed by atoms with van der Waals surface area (Å²) in [5, 5.41) is 0. The average molecular weight is 520 g/mol. The minimum absolute atomic E-state index is 0. The minimum Gasteiger partial charge on any atom is -0.741 e. The molecular weight excluding hydrogens is 490 g/mol. The van der Waals surface area contributed by atoms with E-state index in [2.05, 4.69) is 34.6 Å². The van der Waals surface area contributed by atoms with Gasteiger partial charge in [-0.25, -0.2) is 8.42 Å². The quantitative estimate of drug-likeness (QED) is 0.258. The number of aryl methyl sites for hydroxylation is 1. The Morgan fingerprint density at radius 2 is 1.24 bits per heavy atom. The van der Waals surface area contributed by atoms with Crippen molar-refractivity contribution in [2.75, 3.05) is 0 Å². The second-order valence-electron chi connectivity index (χ2n) is 6.93. The molecule has 0 bridgehead atoms. The molecule has 0 unspecified atom stereocenters. The first-order chi connectivity index (χ1) is 13.5. The maximum atomic E-state index is 10.7. The van der Waals surface area contributed by atoms with E-state index in [1.54, 1.807) is 0 Å². The molecule has 2 aliphatic rings. The zero-order valence-electron chi connectivity index (χ0n) is 19.3. The number of alkyl halides is 3. The monoisotopic (exact) mass is 520 g/mol. The predicted molar refractivity (Wildman–Crippen MR) is 104 cm³/mol. The molecule has 0 atom stereocenters. The van der Waals surface area contributed by atoms with Gasteiger partial charge in [0.25, 0.3) is 0 Å². The van der Waals surface area contributed by atoms with E-state index >= 15 is 0 Å². The normalized spacial score (nSPS) is 19.9. The summed E-state index contributed by atoms with van der Waals surface area (Å²) in [6.45, 7) is 12.9. The van der Waals surface area contributed by atoms with Crippen LogP contribution in [0.3, 0.4) is 0 Å². The topological polar surface area (TPSA) is 57.2 Å². The maximum absolute atomic E-state index is 10.7. The van der Waals surface area contributed by atoms with Crippen LogP contribution in [0, 0.1) is 36.5 Å². The molecule has 3 rings (SSSR count). The second-order valence-corrected chi connectivity index (χ2v) is 8.30. The zero-order valence-corrected chi connectivity index (χ0v) is 19.9. The summed E-state index contributed by atoms with van der Waals surface area (Å²) < 4.78 is 74.4. The van der Waals surface area contributed by atoms with Crippen molar-refractivity contribution in [1.29, 1.82) is 0 Å². The van der Waals surface area contributed by atoms with Crippen LogP contribution in [0.4, 0.5) is 13.2 Å². The molecule has 0 aliphatic heterocycles. The fourth-order valence-corrected chi connectivity index (χ4v) is 2.92. The van der Waals surface area contributed by atoms with Gasteiger partial charge in [0, 0.05) is 0 Å². The summed E-state index contributed by atoms with van der Waals surface area (Å²) in [5.74, 6) is 7.34. The van der Waals surface area contributed by atoms with Crippen LogP contribution < -0.4 is 0 Å². The maximum Gasteiger partial charge on any atom is 2.00 e. The molecule has 0 saturated heterocycles. The summed E-state index contributed by atoms with van der Waals surface area (Å²) in [4.78, 5) is 0. The number of rotatable bonds is 0. The summed E-state index contributed by atoms with van der Waals surface area (Å²) in [7, 11) is -6.09. The zero-order chi connectivity index (χ0) is 23.6. The molecule has 29 heavy (non-hydrogen) atoms. The van der Waals surface area contributed by atoms with Crippen molar-refractivity contribution in [1.82, 2.24) is 0 Å². The minimum atomic E-state index is -6.09. The van der Waals surface area contributed by atoms with E-state index < -0.39 is 15.6 Å².